The van der Waals surface area contributed by atoms with Crippen LogP contribution in [0, 0.1) is 18.7 Å². The molecule has 2 N–H and O–H groups in total. The lowest BCUT2D eigenvalue weighted by Gasteiger charge is -2.14. The van der Waals surface area contributed by atoms with Crippen LogP contribution in [0.2, 0.25) is 0 Å². The molecular formula is C30H27FN4O. The van der Waals surface area contributed by atoms with Crippen LogP contribution in [-0.4, -0.2) is 33.5 Å². The number of nitrogens with zero attached hydrogens (tertiary/aromatic N) is 2. The predicted octanol–water partition coefficient (Wildman–Crippen LogP) is 6.43. The fourth-order valence-corrected chi connectivity index (χ4v) is 5.72. The van der Waals surface area contributed by atoms with E-state index in [2.05, 4.69) is 46.7 Å². The maximum absolute atomic E-state index is 15.4. The third-order valence-corrected chi connectivity index (χ3v) is 7.84. The van der Waals surface area contributed by atoms with Gasteiger partial charge in [-0.1, -0.05) is 36.4 Å². The largest absolute Gasteiger partial charge is 0.361 e. The van der Waals surface area contributed by atoms with Gasteiger partial charge in [0.05, 0.1) is 11.0 Å². The average molecular weight is 479 g/mol. The van der Waals surface area contributed by atoms with Gasteiger partial charge in [0.2, 0.25) is 5.91 Å². The van der Waals surface area contributed by atoms with Crippen LogP contribution >= 0.6 is 0 Å². The van der Waals surface area contributed by atoms with E-state index in [4.69, 9.17) is 4.98 Å². The van der Waals surface area contributed by atoms with Crippen molar-refractivity contribution in [3.8, 4) is 22.5 Å². The predicted molar refractivity (Wildman–Crippen MR) is 141 cm³/mol. The maximum Gasteiger partial charge on any atom is 0.235 e. The number of aromatic amines is 1. The Labute approximate surface area is 208 Å². The molecule has 1 saturated carbocycles. The van der Waals surface area contributed by atoms with Crippen molar-refractivity contribution in [1.82, 2.24) is 19.9 Å². The minimum absolute atomic E-state index is 0.00461. The van der Waals surface area contributed by atoms with Crippen LogP contribution in [0.5, 0.6) is 0 Å². The summed E-state index contributed by atoms with van der Waals surface area (Å²) in [5.74, 6) is 0.508. The lowest BCUT2D eigenvalue weighted by atomic mass is 9.92. The number of carbonyl (C=O) groups excluding carboxylic acids is 1. The monoisotopic (exact) mass is 478 g/mol. The van der Waals surface area contributed by atoms with Crippen molar-refractivity contribution >= 4 is 27.8 Å². The summed E-state index contributed by atoms with van der Waals surface area (Å²) in [6.07, 6.45) is 4.61. The van der Waals surface area contributed by atoms with Gasteiger partial charge in [0.25, 0.3) is 0 Å². The summed E-state index contributed by atoms with van der Waals surface area (Å²) in [6.45, 7) is 3.61. The minimum atomic E-state index is -0.236. The number of hydrogen-bond donors (Lipinski definition) is 2. The number of nitrogens with one attached hydrogen (secondary N) is 2. The molecule has 1 atom stereocenters. The summed E-state index contributed by atoms with van der Waals surface area (Å²) in [5.41, 5.74) is 7.04. The van der Waals surface area contributed by atoms with E-state index in [1.54, 1.807) is 4.57 Å². The highest BCUT2D eigenvalue weighted by atomic mass is 19.1. The smallest absolute Gasteiger partial charge is 0.235 e. The van der Waals surface area contributed by atoms with Crippen molar-refractivity contribution in [2.75, 3.05) is 13.1 Å². The highest BCUT2D eigenvalue weighted by Gasteiger charge is 2.35. The van der Waals surface area contributed by atoms with Crippen molar-refractivity contribution in [2.24, 2.45) is 5.92 Å². The molecule has 0 amide bonds. The molecule has 2 fully saturated rings. The zero-order valence-electron chi connectivity index (χ0n) is 20.1. The van der Waals surface area contributed by atoms with Gasteiger partial charge >= 0.3 is 0 Å². The highest BCUT2D eigenvalue weighted by Crippen LogP contribution is 2.38. The van der Waals surface area contributed by atoms with Gasteiger partial charge in [0, 0.05) is 41.7 Å². The van der Waals surface area contributed by atoms with Crippen LogP contribution in [0.25, 0.3) is 44.5 Å². The molecule has 36 heavy (non-hydrogen) atoms. The van der Waals surface area contributed by atoms with Gasteiger partial charge in [-0.25, -0.2) is 9.37 Å². The molecule has 3 aromatic carbocycles. The van der Waals surface area contributed by atoms with Crippen LogP contribution in [-0.2, 0) is 0 Å². The number of hydrogen-bond acceptors (Lipinski definition) is 3. The highest BCUT2D eigenvalue weighted by molar-refractivity contribution is 5.98. The Balaban J connectivity index is 1.36. The molecule has 180 valence electrons. The molecule has 1 saturated heterocycles. The van der Waals surface area contributed by atoms with Crippen LogP contribution in [0.4, 0.5) is 4.39 Å². The van der Waals surface area contributed by atoms with Gasteiger partial charge in [-0.2, -0.15) is 0 Å². The van der Waals surface area contributed by atoms with Gasteiger partial charge in [-0.3, -0.25) is 9.36 Å². The average Bonchev–Trinajstić information content (AvgIpc) is 3.26. The number of aryl methyl sites for hydroxylation is 1. The Morgan fingerprint density at radius 1 is 1.00 bits per heavy atom. The molecule has 0 spiro atoms. The molecule has 2 aromatic heterocycles. The normalized spacial score (nSPS) is 17.9. The summed E-state index contributed by atoms with van der Waals surface area (Å²) in [7, 11) is 0. The lowest BCUT2D eigenvalue weighted by molar-refractivity contribution is 0.0893. The van der Waals surface area contributed by atoms with E-state index >= 15 is 4.39 Å². The van der Waals surface area contributed by atoms with Gasteiger partial charge in [-0.05, 0) is 72.5 Å². The zero-order chi connectivity index (χ0) is 24.4. The topological polar surface area (TPSA) is 62.7 Å². The van der Waals surface area contributed by atoms with E-state index in [-0.39, 0.29) is 23.6 Å². The number of rotatable bonds is 4. The van der Waals surface area contributed by atoms with Crippen molar-refractivity contribution in [3.05, 3.63) is 77.7 Å². The number of fused-ring (bicyclic) bond motifs is 2. The van der Waals surface area contributed by atoms with Gasteiger partial charge < -0.3 is 10.3 Å². The van der Waals surface area contributed by atoms with E-state index in [0.29, 0.717) is 11.3 Å². The number of aromatic nitrogens is 3. The summed E-state index contributed by atoms with van der Waals surface area (Å²) in [5, 5.41) is 4.51. The van der Waals surface area contributed by atoms with E-state index in [0.717, 1.165) is 71.2 Å². The molecule has 0 radical (unpaired) electrons. The molecule has 2 aliphatic rings. The van der Waals surface area contributed by atoms with E-state index in [1.807, 2.05) is 25.3 Å². The van der Waals surface area contributed by atoms with Gasteiger partial charge in [0.15, 0.2) is 0 Å². The van der Waals surface area contributed by atoms with E-state index in [9.17, 15) is 4.79 Å². The first kappa shape index (κ1) is 21.5. The molecule has 1 aliphatic carbocycles. The number of benzene rings is 3. The van der Waals surface area contributed by atoms with Crippen LogP contribution < -0.4 is 5.32 Å². The first-order chi connectivity index (χ1) is 17.6. The second-order valence-corrected chi connectivity index (χ2v) is 10.2. The Bertz CT molecular complexity index is 1640. The summed E-state index contributed by atoms with van der Waals surface area (Å²) >= 11 is 0. The summed E-state index contributed by atoms with van der Waals surface area (Å²) < 4.78 is 17.1. The van der Waals surface area contributed by atoms with E-state index < -0.39 is 0 Å². The SMILES string of the molecule is Cc1c(C2CCNC2)c(F)cc2c1nc(-c1ccc(-c3ccc4cc[nH]c4c3)cc1)n2C(=O)C1CC1. The summed E-state index contributed by atoms with van der Waals surface area (Å²) in [6, 6.07) is 18.1. The molecule has 1 aliphatic heterocycles. The molecule has 0 bridgehead atoms. The number of carbonyl (C=O) groups is 1. The van der Waals surface area contributed by atoms with Crippen molar-refractivity contribution < 1.29 is 9.18 Å². The molecule has 3 heterocycles. The van der Waals surface area contributed by atoms with Crippen molar-refractivity contribution in [1.29, 1.82) is 0 Å². The second-order valence-electron chi connectivity index (χ2n) is 10.2. The Hall–Kier alpha value is -3.77. The quantitative estimate of drug-likeness (QED) is 0.313. The fourth-order valence-electron chi connectivity index (χ4n) is 5.72. The molecule has 6 heteroatoms. The fraction of sp³-hybridized carbons (Fsp3) is 0.267. The second kappa shape index (κ2) is 8.14. The third-order valence-electron chi connectivity index (χ3n) is 7.84. The van der Waals surface area contributed by atoms with Gasteiger partial charge in [-0.15, -0.1) is 0 Å². The lowest BCUT2D eigenvalue weighted by Crippen LogP contribution is -2.14. The summed E-state index contributed by atoms with van der Waals surface area (Å²) in [4.78, 5) is 21.7. The van der Waals surface area contributed by atoms with Crippen LogP contribution in [0.15, 0.2) is 60.8 Å². The first-order valence-corrected chi connectivity index (χ1v) is 12.7. The van der Waals surface area contributed by atoms with Gasteiger partial charge in [0.1, 0.15) is 11.6 Å². The maximum atomic E-state index is 15.4. The Morgan fingerprint density at radius 2 is 1.78 bits per heavy atom. The molecule has 7 rings (SSSR count). The van der Waals surface area contributed by atoms with Crippen molar-refractivity contribution in [3.63, 3.8) is 0 Å². The number of imidazole rings is 1. The van der Waals surface area contributed by atoms with Crippen LogP contribution in [0.1, 0.15) is 41.1 Å². The Morgan fingerprint density at radius 3 is 2.53 bits per heavy atom. The standard InChI is InChI=1S/C30H27FN4O/c1-17-27(23-10-12-32-16-23)24(31)15-26-28(17)34-29(35(26)30(36)21-7-8-21)20-5-2-18(3-6-20)22-9-4-19-11-13-33-25(19)14-22/h2-6,9,11,13-15,21,23,32-33H,7-8,10,12,16H2,1H3. The molecule has 5 aromatic rings. The van der Waals surface area contributed by atoms with E-state index in [1.165, 1.54) is 11.5 Å². The Kier molecular flexibility index (Phi) is 4.86. The first-order valence-electron chi connectivity index (χ1n) is 12.7. The molecular weight excluding hydrogens is 451 g/mol. The number of halogens is 1. The molecule has 5 nitrogen and oxygen atoms in total. The van der Waals surface area contributed by atoms with Crippen LogP contribution in [0.3, 0.4) is 0 Å². The molecule has 1 unspecified atom stereocenters. The number of H-pyrrole nitrogens is 1. The third kappa shape index (κ3) is 3.39. The zero-order valence-corrected chi connectivity index (χ0v) is 20.1. The minimum Gasteiger partial charge on any atom is -0.361 e. The van der Waals surface area contributed by atoms with Crippen molar-refractivity contribution in [2.45, 2.75) is 32.1 Å².